The lowest BCUT2D eigenvalue weighted by atomic mass is 10.1. The first-order valence-corrected chi connectivity index (χ1v) is 10.9. The Morgan fingerprint density at radius 2 is 1.84 bits per heavy atom. The maximum absolute atomic E-state index is 13.2. The quantitative estimate of drug-likeness (QED) is 0.553. The third kappa shape index (κ3) is 4.95. The standard InChI is InChI=1S/C25H22N2O4S/c1-31-21-12-10-19(11-13-21)25-27(26-23(29)16-17-6-3-2-4-7-17)24(30)22(32-25)15-18-8-5-9-20(28)14-18/h2-15,25,28H,16H2,1H3,(H,26,29)/b22-15+. The molecule has 3 aromatic rings. The van der Waals surface area contributed by atoms with Gasteiger partial charge in [0, 0.05) is 0 Å². The van der Waals surface area contributed by atoms with Gasteiger partial charge in [-0.15, -0.1) is 0 Å². The normalized spacial score (nSPS) is 16.9. The SMILES string of the molecule is COc1ccc(C2S/C(=C/c3cccc(O)c3)C(=O)N2NC(=O)Cc2ccccc2)cc1. The van der Waals surface area contributed by atoms with Crippen molar-refractivity contribution in [2.45, 2.75) is 11.8 Å². The van der Waals surface area contributed by atoms with Crippen LogP contribution in [0.5, 0.6) is 11.5 Å². The minimum Gasteiger partial charge on any atom is -0.508 e. The number of hydrogen-bond donors (Lipinski definition) is 2. The van der Waals surface area contributed by atoms with Gasteiger partial charge in [0.05, 0.1) is 18.4 Å². The molecule has 2 amide bonds. The van der Waals surface area contributed by atoms with Gasteiger partial charge >= 0.3 is 0 Å². The zero-order valence-corrected chi connectivity index (χ0v) is 18.2. The van der Waals surface area contributed by atoms with Crippen LogP contribution in [0.1, 0.15) is 22.1 Å². The van der Waals surface area contributed by atoms with Gasteiger partial charge in [0.25, 0.3) is 5.91 Å². The maximum Gasteiger partial charge on any atom is 0.280 e. The Kier molecular flexibility index (Phi) is 6.47. The molecule has 0 aliphatic carbocycles. The molecule has 1 aliphatic heterocycles. The number of hydrazine groups is 1. The van der Waals surface area contributed by atoms with Crippen LogP contribution in [0.3, 0.4) is 0 Å². The molecule has 0 spiro atoms. The van der Waals surface area contributed by atoms with Crippen molar-refractivity contribution in [2.75, 3.05) is 7.11 Å². The van der Waals surface area contributed by atoms with E-state index < -0.39 is 5.37 Å². The van der Waals surface area contributed by atoms with Crippen molar-refractivity contribution >= 4 is 29.7 Å². The van der Waals surface area contributed by atoms with Crippen LogP contribution >= 0.6 is 11.8 Å². The highest BCUT2D eigenvalue weighted by atomic mass is 32.2. The lowest BCUT2D eigenvalue weighted by Crippen LogP contribution is -2.44. The Labute approximate surface area is 190 Å². The number of carbonyl (C=O) groups is 2. The summed E-state index contributed by atoms with van der Waals surface area (Å²) in [7, 11) is 1.59. The third-order valence-electron chi connectivity index (χ3n) is 4.92. The predicted molar refractivity (Wildman–Crippen MR) is 125 cm³/mol. The van der Waals surface area contributed by atoms with E-state index in [-0.39, 0.29) is 24.0 Å². The number of amides is 2. The number of methoxy groups -OCH3 is 1. The summed E-state index contributed by atoms with van der Waals surface area (Å²) in [5.41, 5.74) is 5.20. The van der Waals surface area contributed by atoms with Crippen molar-refractivity contribution < 1.29 is 19.4 Å². The second-order valence-electron chi connectivity index (χ2n) is 7.22. The smallest absolute Gasteiger partial charge is 0.280 e. The molecule has 0 aromatic heterocycles. The monoisotopic (exact) mass is 446 g/mol. The number of hydrogen-bond acceptors (Lipinski definition) is 5. The summed E-state index contributed by atoms with van der Waals surface area (Å²) < 4.78 is 5.23. The average molecular weight is 447 g/mol. The number of thioether (sulfide) groups is 1. The van der Waals surface area contributed by atoms with Gasteiger partial charge in [-0.3, -0.25) is 15.0 Å². The highest BCUT2D eigenvalue weighted by Gasteiger charge is 2.38. The number of aromatic hydroxyl groups is 1. The van der Waals surface area contributed by atoms with Crippen molar-refractivity contribution in [2.24, 2.45) is 0 Å². The first-order valence-electron chi connectivity index (χ1n) is 10.0. The molecule has 1 heterocycles. The van der Waals surface area contributed by atoms with Crippen LogP contribution in [0.4, 0.5) is 0 Å². The first kappa shape index (κ1) is 21.5. The van der Waals surface area contributed by atoms with E-state index in [2.05, 4.69) is 5.43 Å². The minimum absolute atomic E-state index is 0.120. The van der Waals surface area contributed by atoms with Crippen LogP contribution < -0.4 is 10.2 Å². The summed E-state index contributed by atoms with van der Waals surface area (Å²) in [6.45, 7) is 0. The number of rotatable bonds is 6. The summed E-state index contributed by atoms with van der Waals surface area (Å²) in [4.78, 5) is 26.4. The molecule has 0 bridgehead atoms. The number of nitrogens with one attached hydrogen (secondary N) is 1. The number of ether oxygens (including phenoxy) is 1. The van der Waals surface area contributed by atoms with Crippen LogP contribution in [-0.2, 0) is 16.0 Å². The molecule has 0 radical (unpaired) electrons. The van der Waals surface area contributed by atoms with Crippen molar-refractivity contribution in [1.29, 1.82) is 0 Å². The molecular weight excluding hydrogens is 424 g/mol. The highest BCUT2D eigenvalue weighted by Crippen LogP contribution is 2.45. The van der Waals surface area contributed by atoms with Crippen molar-refractivity contribution in [3.8, 4) is 11.5 Å². The van der Waals surface area contributed by atoms with Gasteiger partial charge in [0.15, 0.2) is 0 Å². The number of benzene rings is 3. The fraction of sp³-hybridized carbons (Fsp3) is 0.120. The maximum atomic E-state index is 13.2. The Hall–Kier alpha value is -3.71. The summed E-state index contributed by atoms with van der Waals surface area (Å²) >= 11 is 1.34. The van der Waals surface area contributed by atoms with E-state index in [0.29, 0.717) is 16.2 Å². The van der Waals surface area contributed by atoms with Gasteiger partial charge in [0.1, 0.15) is 16.9 Å². The van der Waals surface area contributed by atoms with Gasteiger partial charge in [-0.05, 0) is 47.0 Å². The second kappa shape index (κ2) is 9.62. The Balaban J connectivity index is 1.61. The fourth-order valence-corrected chi connectivity index (χ4v) is 4.55. The predicted octanol–water partition coefficient (Wildman–Crippen LogP) is 4.29. The molecule has 7 heteroatoms. The van der Waals surface area contributed by atoms with Gasteiger partial charge in [-0.2, -0.15) is 0 Å². The van der Waals surface area contributed by atoms with Crippen LogP contribution in [0.25, 0.3) is 6.08 Å². The van der Waals surface area contributed by atoms with Crippen molar-refractivity contribution in [3.05, 3.63) is 100 Å². The largest absolute Gasteiger partial charge is 0.508 e. The molecule has 162 valence electrons. The number of nitrogens with zero attached hydrogens (tertiary/aromatic N) is 1. The first-order chi connectivity index (χ1) is 15.5. The second-order valence-corrected chi connectivity index (χ2v) is 8.34. The molecule has 1 unspecified atom stereocenters. The van der Waals surface area contributed by atoms with E-state index >= 15 is 0 Å². The molecule has 1 saturated heterocycles. The molecule has 2 N–H and O–H groups in total. The molecular formula is C25H22N2O4S. The third-order valence-corrected chi connectivity index (χ3v) is 6.18. The molecule has 6 nitrogen and oxygen atoms in total. The molecule has 32 heavy (non-hydrogen) atoms. The van der Waals surface area contributed by atoms with E-state index in [1.54, 1.807) is 37.5 Å². The van der Waals surface area contributed by atoms with E-state index in [9.17, 15) is 14.7 Å². The van der Waals surface area contributed by atoms with E-state index in [4.69, 9.17) is 4.74 Å². The Morgan fingerprint density at radius 3 is 2.53 bits per heavy atom. The average Bonchev–Trinajstić information content (AvgIpc) is 3.09. The molecule has 1 aliphatic rings. The van der Waals surface area contributed by atoms with Crippen molar-refractivity contribution in [1.82, 2.24) is 10.4 Å². The molecule has 1 fully saturated rings. The zero-order valence-electron chi connectivity index (χ0n) is 17.4. The summed E-state index contributed by atoms with van der Waals surface area (Å²) in [5, 5.41) is 10.7. The lowest BCUT2D eigenvalue weighted by Gasteiger charge is -2.24. The summed E-state index contributed by atoms with van der Waals surface area (Å²) in [6, 6.07) is 23.4. The summed E-state index contributed by atoms with van der Waals surface area (Å²) in [6.07, 6.45) is 1.88. The minimum atomic E-state index is -0.434. The number of carbonyl (C=O) groups excluding carboxylic acids is 2. The fourth-order valence-electron chi connectivity index (χ4n) is 3.36. The number of phenolic OH excluding ortho intramolecular Hbond substituents is 1. The van der Waals surface area contributed by atoms with E-state index in [1.165, 1.54) is 16.8 Å². The van der Waals surface area contributed by atoms with E-state index in [0.717, 1.165) is 11.1 Å². The highest BCUT2D eigenvalue weighted by molar-refractivity contribution is 8.04. The van der Waals surface area contributed by atoms with Crippen LogP contribution in [0, 0.1) is 0 Å². The number of phenols is 1. The molecule has 3 aromatic carbocycles. The topological polar surface area (TPSA) is 78.9 Å². The Morgan fingerprint density at radius 1 is 1.09 bits per heavy atom. The molecule has 0 saturated carbocycles. The lowest BCUT2D eigenvalue weighted by molar-refractivity contribution is -0.137. The van der Waals surface area contributed by atoms with Crippen molar-refractivity contribution in [3.63, 3.8) is 0 Å². The summed E-state index contributed by atoms with van der Waals surface area (Å²) in [5.74, 6) is 0.246. The van der Waals surface area contributed by atoms with Crippen LogP contribution in [0.15, 0.2) is 83.8 Å². The van der Waals surface area contributed by atoms with E-state index in [1.807, 2.05) is 54.6 Å². The van der Waals surface area contributed by atoms with Gasteiger partial charge in [0.2, 0.25) is 5.91 Å². The zero-order chi connectivity index (χ0) is 22.5. The molecule has 1 atom stereocenters. The Bertz CT molecular complexity index is 1150. The van der Waals surface area contributed by atoms with Crippen LogP contribution in [-0.4, -0.2) is 29.0 Å². The van der Waals surface area contributed by atoms with Crippen LogP contribution in [0.2, 0.25) is 0 Å². The van der Waals surface area contributed by atoms with Gasteiger partial charge in [-0.25, -0.2) is 5.01 Å². The van der Waals surface area contributed by atoms with Gasteiger partial charge in [-0.1, -0.05) is 66.4 Å². The van der Waals surface area contributed by atoms with Gasteiger partial charge < -0.3 is 9.84 Å². The molecule has 4 rings (SSSR count).